The Morgan fingerprint density at radius 3 is 2.62 bits per heavy atom. The second kappa shape index (κ2) is 8.16. The fourth-order valence-electron chi connectivity index (χ4n) is 2.58. The molecule has 1 heterocycles. The van der Waals surface area contributed by atoms with Crippen molar-refractivity contribution >= 4 is 11.6 Å². The number of carbonyl (C=O) groups excluding carboxylic acids is 1. The number of hydrogen-bond donors (Lipinski definition) is 1. The van der Waals surface area contributed by atoms with E-state index in [0.29, 0.717) is 11.4 Å². The number of para-hydroxylation sites is 2. The number of aromatic hydroxyl groups is 1. The quantitative estimate of drug-likeness (QED) is 0.738. The van der Waals surface area contributed by atoms with Crippen LogP contribution in [-0.2, 0) is 11.3 Å². The number of hydrogen-bond acceptors (Lipinski definition) is 4. The fourth-order valence-corrected chi connectivity index (χ4v) is 2.58. The van der Waals surface area contributed by atoms with Crippen molar-refractivity contribution in [3.05, 3.63) is 84.2 Å². The molecule has 0 atom stereocenters. The van der Waals surface area contributed by atoms with Gasteiger partial charge in [0.05, 0.1) is 17.9 Å². The minimum Gasteiger partial charge on any atom is -0.506 e. The fraction of sp³-hybridized carbons (Fsp3) is 0.143. The van der Waals surface area contributed by atoms with Crippen molar-refractivity contribution in [3.8, 4) is 11.5 Å². The van der Waals surface area contributed by atoms with Crippen molar-refractivity contribution in [2.24, 2.45) is 0 Å². The summed E-state index contributed by atoms with van der Waals surface area (Å²) in [5.74, 6) is 0.402. The number of carbonyl (C=O) groups is 1. The predicted molar refractivity (Wildman–Crippen MR) is 100 cm³/mol. The molecule has 0 aliphatic carbocycles. The zero-order valence-corrected chi connectivity index (χ0v) is 14.5. The zero-order chi connectivity index (χ0) is 18.4. The largest absolute Gasteiger partial charge is 0.506 e. The smallest absolute Gasteiger partial charge is 0.265 e. The van der Waals surface area contributed by atoms with Crippen LogP contribution in [-0.4, -0.2) is 22.6 Å². The van der Waals surface area contributed by atoms with Crippen LogP contribution >= 0.6 is 0 Å². The Hall–Kier alpha value is -3.34. The molecule has 2 aromatic carbocycles. The molecule has 1 aromatic heterocycles. The zero-order valence-electron chi connectivity index (χ0n) is 14.5. The van der Waals surface area contributed by atoms with Crippen molar-refractivity contribution in [3.63, 3.8) is 0 Å². The number of aryl methyl sites for hydroxylation is 1. The lowest BCUT2D eigenvalue weighted by atomic mass is 10.2. The number of pyridine rings is 1. The molecular weight excluding hydrogens is 328 g/mol. The maximum absolute atomic E-state index is 12.8. The molecule has 0 unspecified atom stereocenters. The molecule has 0 bridgehead atoms. The topological polar surface area (TPSA) is 62.7 Å². The summed E-state index contributed by atoms with van der Waals surface area (Å²) in [6.07, 6.45) is 1.67. The van der Waals surface area contributed by atoms with Crippen molar-refractivity contribution in [1.82, 2.24) is 4.98 Å². The Bertz CT molecular complexity index is 881. The molecule has 0 spiro atoms. The summed E-state index contributed by atoms with van der Waals surface area (Å²) in [4.78, 5) is 18.6. The van der Waals surface area contributed by atoms with E-state index >= 15 is 0 Å². The van der Waals surface area contributed by atoms with Crippen LogP contribution in [0, 0.1) is 6.92 Å². The average Bonchev–Trinajstić information content (AvgIpc) is 2.66. The first kappa shape index (κ1) is 17.5. The minimum atomic E-state index is -0.265. The van der Waals surface area contributed by atoms with Crippen LogP contribution in [0.2, 0.25) is 0 Å². The molecule has 0 saturated heterocycles. The number of anilines is 1. The summed E-state index contributed by atoms with van der Waals surface area (Å²) in [7, 11) is 0. The Morgan fingerprint density at radius 1 is 1.08 bits per heavy atom. The van der Waals surface area contributed by atoms with Crippen LogP contribution in [0.4, 0.5) is 5.69 Å². The standard InChI is InChI=1S/C21H20N2O3/c1-16-7-6-9-18(13-16)26-15-21(25)23(14-17-8-4-5-12-22-17)19-10-2-3-11-20(19)24/h2-13,24H,14-15H2,1H3. The van der Waals surface area contributed by atoms with Gasteiger partial charge in [-0.05, 0) is 48.9 Å². The first-order valence-corrected chi connectivity index (χ1v) is 8.31. The van der Waals surface area contributed by atoms with Gasteiger partial charge in [-0.15, -0.1) is 0 Å². The van der Waals surface area contributed by atoms with Crippen LogP contribution in [0.15, 0.2) is 72.9 Å². The van der Waals surface area contributed by atoms with E-state index in [-0.39, 0.29) is 24.8 Å². The van der Waals surface area contributed by atoms with Crippen LogP contribution in [0.25, 0.3) is 0 Å². The number of phenolic OH excluding ortho intramolecular Hbond substituents is 1. The number of amides is 1. The predicted octanol–water partition coefficient (Wildman–Crippen LogP) is 3.71. The van der Waals surface area contributed by atoms with Gasteiger partial charge >= 0.3 is 0 Å². The summed E-state index contributed by atoms with van der Waals surface area (Å²) in [6.45, 7) is 2.07. The molecule has 5 heteroatoms. The first-order chi connectivity index (χ1) is 12.6. The maximum Gasteiger partial charge on any atom is 0.265 e. The number of rotatable bonds is 6. The Morgan fingerprint density at radius 2 is 1.88 bits per heavy atom. The summed E-state index contributed by atoms with van der Waals surface area (Å²) in [5.41, 5.74) is 2.21. The molecule has 0 aliphatic rings. The number of aromatic nitrogens is 1. The number of ether oxygens (including phenoxy) is 1. The van der Waals surface area contributed by atoms with Crippen LogP contribution < -0.4 is 9.64 Å². The second-order valence-corrected chi connectivity index (χ2v) is 5.89. The van der Waals surface area contributed by atoms with E-state index < -0.39 is 0 Å². The van der Waals surface area contributed by atoms with Crippen LogP contribution in [0.3, 0.4) is 0 Å². The molecule has 0 aliphatic heterocycles. The highest BCUT2D eigenvalue weighted by atomic mass is 16.5. The highest BCUT2D eigenvalue weighted by Crippen LogP contribution is 2.28. The molecular formula is C21H20N2O3. The summed E-state index contributed by atoms with van der Waals surface area (Å²) in [5, 5.41) is 10.2. The summed E-state index contributed by atoms with van der Waals surface area (Å²) >= 11 is 0. The van der Waals surface area contributed by atoms with Gasteiger partial charge in [-0.2, -0.15) is 0 Å². The molecule has 26 heavy (non-hydrogen) atoms. The summed E-state index contributed by atoms with van der Waals surface area (Å²) in [6, 6.07) is 19.8. The van der Waals surface area contributed by atoms with E-state index in [1.165, 1.54) is 4.90 Å². The van der Waals surface area contributed by atoms with Gasteiger partial charge in [0.2, 0.25) is 0 Å². The van der Waals surface area contributed by atoms with E-state index in [2.05, 4.69) is 4.98 Å². The van der Waals surface area contributed by atoms with Gasteiger partial charge in [0.15, 0.2) is 6.61 Å². The molecule has 3 rings (SSSR count). The van der Waals surface area contributed by atoms with E-state index in [9.17, 15) is 9.90 Å². The normalized spacial score (nSPS) is 10.3. The highest BCUT2D eigenvalue weighted by Gasteiger charge is 2.20. The van der Waals surface area contributed by atoms with Gasteiger partial charge < -0.3 is 9.84 Å². The molecule has 3 aromatic rings. The third kappa shape index (κ3) is 4.39. The molecule has 1 N–H and O–H groups in total. The van der Waals surface area contributed by atoms with Gasteiger partial charge in [-0.1, -0.05) is 30.3 Å². The van der Waals surface area contributed by atoms with Crippen molar-refractivity contribution in [2.45, 2.75) is 13.5 Å². The SMILES string of the molecule is Cc1cccc(OCC(=O)N(Cc2ccccn2)c2ccccc2O)c1. The molecule has 0 radical (unpaired) electrons. The number of nitrogens with zero attached hydrogens (tertiary/aromatic N) is 2. The van der Waals surface area contributed by atoms with Gasteiger partial charge in [-0.25, -0.2) is 0 Å². The van der Waals surface area contributed by atoms with Gasteiger partial charge in [0, 0.05) is 6.20 Å². The second-order valence-electron chi connectivity index (χ2n) is 5.89. The van der Waals surface area contributed by atoms with Crippen LogP contribution in [0.1, 0.15) is 11.3 Å². The minimum absolute atomic E-state index is 0.0346. The van der Waals surface area contributed by atoms with Crippen molar-refractivity contribution in [1.29, 1.82) is 0 Å². The molecule has 0 fully saturated rings. The molecule has 132 valence electrons. The number of phenols is 1. The third-order valence-corrected chi connectivity index (χ3v) is 3.87. The van der Waals surface area contributed by atoms with Gasteiger partial charge in [-0.3, -0.25) is 14.7 Å². The lowest BCUT2D eigenvalue weighted by Crippen LogP contribution is -2.34. The molecule has 1 amide bonds. The Kier molecular flexibility index (Phi) is 5.49. The Labute approximate surface area is 152 Å². The van der Waals surface area contributed by atoms with E-state index in [1.807, 2.05) is 49.4 Å². The lowest BCUT2D eigenvalue weighted by molar-refractivity contribution is -0.120. The average molecular weight is 348 g/mol. The van der Waals surface area contributed by atoms with Gasteiger partial charge in [0.25, 0.3) is 5.91 Å². The Balaban J connectivity index is 1.80. The monoisotopic (exact) mass is 348 g/mol. The number of benzene rings is 2. The summed E-state index contributed by atoms with van der Waals surface area (Å²) < 4.78 is 5.64. The van der Waals surface area contributed by atoms with E-state index in [4.69, 9.17) is 4.74 Å². The third-order valence-electron chi connectivity index (χ3n) is 3.87. The maximum atomic E-state index is 12.8. The molecule has 0 saturated carbocycles. The van der Waals surface area contributed by atoms with E-state index in [1.54, 1.807) is 30.5 Å². The van der Waals surface area contributed by atoms with E-state index in [0.717, 1.165) is 11.3 Å². The van der Waals surface area contributed by atoms with Crippen molar-refractivity contribution in [2.75, 3.05) is 11.5 Å². The lowest BCUT2D eigenvalue weighted by Gasteiger charge is -2.23. The molecule has 5 nitrogen and oxygen atoms in total. The first-order valence-electron chi connectivity index (χ1n) is 8.31. The van der Waals surface area contributed by atoms with Gasteiger partial charge in [0.1, 0.15) is 11.5 Å². The van der Waals surface area contributed by atoms with Crippen LogP contribution in [0.5, 0.6) is 11.5 Å². The highest BCUT2D eigenvalue weighted by molar-refractivity contribution is 5.95. The van der Waals surface area contributed by atoms with Crippen molar-refractivity contribution < 1.29 is 14.6 Å².